The highest BCUT2D eigenvalue weighted by Crippen LogP contribution is 2.20. The lowest BCUT2D eigenvalue weighted by Crippen LogP contribution is -2.18. The third-order valence-corrected chi connectivity index (χ3v) is 3.11. The Morgan fingerprint density at radius 2 is 1.95 bits per heavy atom. The molecule has 106 valence electrons. The van der Waals surface area contributed by atoms with Gasteiger partial charge in [0, 0.05) is 19.2 Å². The summed E-state index contributed by atoms with van der Waals surface area (Å²) in [6.45, 7) is 0.592. The van der Waals surface area contributed by atoms with E-state index in [2.05, 4.69) is 16.7 Å². The third-order valence-electron chi connectivity index (χ3n) is 3.11. The molecule has 0 radical (unpaired) electrons. The Balaban J connectivity index is 2.06. The van der Waals surface area contributed by atoms with Crippen LogP contribution in [0, 0.1) is 11.3 Å². The van der Waals surface area contributed by atoms with Crippen LogP contribution in [-0.4, -0.2) is 13.0 Å². The first-order valence-corrected chi connectivity index (χ1v) is 6.48. The van der Waals surface area contributed by atoms with Crippen LogP contribution in [0.25, 0.3) is 0 Å². The first-order chi connectivity index (χ1) is 10.1. The quantitative estimate of drug-likeness (QED) is 0.748. The molecule has 1 amide bonds. The Bertz CT molecular complexity index is 686. The molecule has 0 heterocycles. The van der Waals surface area contributed by atoms with Crippen LogP contribution in [0.15, 0.2) is 42.5 Å². The fourth-order valence-electron chi connectivity index (χ4n) is 1.90. The molecule has 0 unspecified atom stereocenters. The van der Waals surface area contributed by atoms with Crippen molar-refractivity contribution in [2.75, 3.05) is 18.1 Å². The minimum absolute atomic E-state index is 0.166. The van der Waals surface area contributed by atoms with E-state index >= 15 is 0 Å². The summed E-state index contributed by atoms with van der Waals surface area (Å²) in [4.78, 5) is 11.5. The minimum atomic E-state index is -0.166. The molecule has 0 atom stereocenters. The molecule has 4 N–H and O–H groups in total. The van der Waals surface area contributed by atoms with Gasteiger partial charge in [-0.25, -0.2) is 0 Å². The summed E-state index contributed by atoms with van der Waals surface area (Å²) >= 11 is 0. The molecule has 0 bridgehead atoms. The van der Waals surface area contributed by atoms with Gasteiger partial charge in [-0.3, -0.25) is 4.79 Å². The van der Waals surface area contributed by atoms with Gasteiger partial charge < -0.3 is 16.4 Å². The lowest BCUT2D eigenvalue weighted by Gasteiger charge is -2.11. The molecular formula is C16H16N4O. The molecule has 0 fully saturated rings. The number of nitrogens with zero attached hydrogens (tertiary/aromatic N) is 1. The number of nitrogens with two attached hydrogens (primary N) is 1. The van der Waals surface area contributed by atoms with Gasteiger partial charge in [-0.05, 0) is 35.9 Å². The minimum Gasteiger partial charge on any atom is -0.397 e. The van der Waals surface area contributed by atoms with Crippen LogP contribution in [0.5, 0.6) is 0 Å². The summed E-state index contributed by atoms with van der Waals surface area (Å²) in [7, 11) is 1.58. The van der Waals surface area contributed by atoms with E-state index in [1.165, 1.54) is 0 Å². The van der Waals surface area contributed by atoms with Crippen molar-refractivity contribution in [2.45, 2.75) is 6.54 Å². The maximum Gasteiger partial charge on any atom is 0.251 e. The zero-order chi connectivity index (χ0) is 15.2. The second-order valence-electron chi connectivity index (χ2n) is 4.54. The number of hydrogen-bond acceptors (Lipinski definition) is 4. The monoisotopic (exact) mass is 280 g/mol. The summed E-state index contributed by atoms with van der Waals surface area (Å²) in [5.41, 5.74) is 9.43. The Hall–Kier alpha value is -3.00. The van der Waals surface area contributed by atoms with Gasteiger partial charge in [0.25, 0.3) is 5.91 Å². The highest BCUT2D eigenvalue weighted by atomic mass is 16.1. The Labute approximate surface area is 123 Å². The van der Waals surface area contributed by atoms with Gasteiger partial charge in [0.05, 0.1) is 23.0 Å². The summed E-state index contributed by atoms with van der Waals surface area (Å²) in [5.74, 6) is -0.166. The summed E-state index contributed by atoms with van der Waals surface area (Å²) in [5, 5.41) is 14.5. The van der Waals surface area contributed by atoms with Gasteiger partial charge in [0.1, 0.15) is 0 Å². The number of carbonyl (C=O) groups excluding carboxylic acids is 1. The van der Waals surface area contributed by atoms with Crippen LogP contribution < -0.4 is 16.4 Å². The fraction of sp³-hybridized carbons (Fsp3) is 0.125. The predicted octanol–water partition coefficient (Wildman–Crippen LogP) is 2.11. The number of amides is 1. The van der Waals surface area contributed by atoms with Crippen molar-refractivity contribution in [1.29, 1.82) is 5.26 Å². The van der Waals surface area contributed by atoms with E-state index < -0.39 is 0 Å². The molecule has 2 rings (SSSR count). The van der Waals surface area contributed by atoms with E-state index in [0.717, 1.165) is 11.3 Å². The number of hydrogen-bond donors (Lipinski definition) is 3. The maximum absolute atomic E-state index is 11.5. The highest BCUT2D eigenvalue weighted by Gasteiger charge is 2.06. The largest absolute Gasteiger partial charge is 0.397 e. The van der Waals surface area contributed by atoms with Gasteiger partial charge >= 0.3 is 0 Å². The zero-order valence-electron chi connectivity index (χ0n) is 11.7. The Kier molecular flexibility index (Phi) is 4.42. The second-order valence-corrected chi connectivity index (χ2v) is 4.54. The molecule has 0 aliphatic carbocycles. The number of carbonyl (C=O) groups is 1. The number of anilines is 2. The van der Waals surface area contributed by atoms with E-state index in [4.69, 9.17) is 11.0 Å². The van der Waals surface area contributed by atoms with E-state index in [-0.39, 0.29) is 5.91 Å². The standard InChI is InChI=1S/C16H16N4O/c1-19-16(21)13-6-7-15(14(18)8-13)20-10-12-4-2-11(9-17)3-5-12/h2-8,20H,10,18H2,1H3,(H,19,21). The Morgan fingerprint density at radius 1 is 1.24 bits per heavy atom. The lowest BCUT2D eigenvalue weighted by molar-refractivity contribution is 0.0963. The maximum atomic E-state index is 11.5. The lowest BCUT2D eigenvalue weighted by atomic mass is 10.1. The smallest absolute Gasteiger partial charge is 0.251 e. The van der Waals surface area contributed by atoms with Crippen molar-refractivity contribution in [1.82, 2.24) is 5.32 Å². The van der Waals surface area contributed by atoms with Crippen molar-refractivity contribution in [3.05, 3.63) is 59.2 Å². The molecule has 0 aromatic heterocycles. The molecule has 2 aromatic carbocycles. The number of nitrogen functional groups attached to an aromatic ring is 1. The van der Waals surface area contributed by atoms with Gasteiger partial charge in [-0.15, -0.1) is 0 Å². The summed E-state index contributed by atoms with van der Waals surface area (Å²) in [6.07, 6.45) is 0. The highest BCUT2D eigenvalue weighted by molar-refractivity contribution is 5.95. The molecule has 0 aliphatic heterocycles. The molecule has 0 spiro atoms. The number of nitriles is 1. The van der Waals surface area contributed by atoms with Crippen molar-refractivity contribution < 1.29 is 4.79 Å². The van der Waals surface area contributed by atoms with Gasteiger partial charge in [-0.2, -0.15) is 5.26 Å². The molecule has 0 saturated heterocycles. The fourth-order valence-corrected chi connectivity index (χ4v) is 1.90. The van der Waals surface area contributed by atoms with E-state index in [1.54, 1.807) is 37.4 Å². The molecule has 5 heteroatoms. The van der Waals surface area contributed by atoms with Gasteiger partial charge in [-0.1, -0.05) is 12.1 Å². The average molecular weight is 280 g/mol. The van der Waals surface area contributed by atoms with Gasteiger partial charge in [0.15, 0.2) is 0 Å². The first kappa shape index (κ1) is 14.4. The third kappa shape index (κ3) is 3.51. The Morgan fingerprint density at radius 3 is 2.52 bits per heavy atom. The van der Waals surface area contributed by atoms with Gasteiger partial charge in [0.2, 0.25) is 0 Å². The molecule has 0 saturated carbocycles. The van der Waals surface area contributed by atoms with Crippen molar-refractivity contribution in [2.24, 2.45) is 0 Å². The predicted molar refractivity (Wildman–Crippen MR) is 82.7 cm³/mol. The number of nitrogens with one attached hydrogen (secondary N) is 2. The van der Waals surface area contributed by atoms with E-state index in [1.807, 2.05) is 12.1 Å². The zero-order valence-corrected chi connectivity index (χ0v) is 11.7. The molecule has 0 aliphatic rings. The molecule has 5 nitrogen and oxygen atoms in total. The SMILES string of the molecule is CNC(=O)c1ccc(NCc2ccc(C#N)cc2)c(N)c1. The van der Waals surface area contributed by atoms with Crippen molar-refractivity contribution in [3.63, 3.8) is 0 Å². The first-order valence-electron chi connectivity index (χ1n) is 6.48. The topological polar surface area (TPSA) is 90.9 Å². The summed E-state index contributed by atoms with van der Waals surface area (Å²) < 4.78 is 0. The van der Waals surface area contributed by atoms with Crippen LogP contribution in [0.4, 0.5) is 11.4 Å². The normalized spacial score (nSPS) is 9.71. The van der Waals surface area contributed by atoms with E-state index in [9.17, 15) is 4.79 Å². The average Bonchev–Trinajstić information content (AvgIpc) is 2.53. The summed E-state index contributed by atoms with van der Waals surface area (Å²) in [6, 6.07) is 14.5. The number of rotatable bonds is 4. The van der Waals surface area contributed by atoms with Crippen LogP contribution in [0.1, 0.15) is 21.5 Å². The van der Waals surface area contributed by atoms with Crippen LogP contribution >= 0.6 is 0 Å². The van der Waals surface area contributed by atoms with Crippen LogP contribution in [-0.2, 0) is 6.54 Å². The molecular weight excluding hydrogens is 264 g/mol. The molecule has 21 heavy (non-hydrogen) atoms. The van der Waals surface area contributed by atoms with Crippen LogP contribution in [0.3, 0.4) is 0 Å². The van der Waals surface area contributed by atoms with E-state index in [0.29, 0.717) is 23.4 Å². The second kappa shape index (κ2) is 6.44. The molecule has 2 aromatic rings. The van der Waals surface area contributed by atoms with Crippen LogP contribution in [0.2, 0.25) is 0 Å². The van der Waals surface area contributed by atoms with Crippen molar-refractivity contribution >= 4 is 17.3 Å². The van der Waals surface area contributed by atoms with Crippen molar-refractivity contribution in [3.8, 4) is 6.07 Å². The number of benzene rings is 2.